The van der Waals surface area contributed by atoms with Crippen LogP contribution in [0.4, 0.5) is 0 Å². The molecule has 1 unspecified atom stereocenters. The number of carbonyl (C=O) groups excluding carboxylic acids is 1. The summed E-state index contributed by atoms with van der Waals surface area (Å²) in [7, 11) is 0. The monoisotopic (exact) mass is 134 g/mol. The molecule has 0 aromatic carbocycles. The quantitative estimate of drug-likeness (QED) is 0.393. The van der Waals surface area contributed by atoms with Crippen molar-refractivity contribution in [3.63, 3.8) is 0 Å². The number of aldehydes is 1. The fourth-order valence-corrected chi connectivity index (χ4v) is 1.73. The van der Waals surface area contributed by atoms with Gasteiger partial charge in [0.15, 0.2) is 0 Å². The van der Waals surface area contributed by atoms with E-state index in [4.69, 9.17) is 0 Å². The molecular formula is C9H10O. The highest BCUT2D eigenvalue weighted by molar-refractivity contribution is 5.57. The maximum Gasteiger partial charge on any atom is 0.124 e. The Morgan fingerprint density at radius 3 is 2.20 bits per heavy atom. The van der Waals surface area contributed by atoms with E-state index in [0.29, 0.717) is 11.8 Å². The summed E-state index contributed by atoms with van der Waals surface area (Å²) < 4.78 is 0. The van der Waals surface area contributed by atoms with E-state index in [1.54, 1.807) is 0 Å². The maximum absolute atomic E-state index is 10.5. The van der Waals surface area contributed by atoms with Crippen LogP contribution in [0.15, 0.2) is 24.3 Å². The van der Waals surface area contributed by atoms with E-state index in [1.807, 2.05) is 0 Å². The molecule has 0 heterocycles. The van der Waals surface area contributed by atoms with Crippen LogP contribution in [-0.4, -0.2) is 6.29 Å². The molecule has 0 saturated heterocycles. The molecule has 3 aliphatic carbocycles. The molecule has 0 fully saturated rings. The molecule has 0 aromatic rings. The van der Waals surface area contributed by atoms with Crippen LogP contribution < -0.4 is 0 Å². The van der Waals surface area contributed by atoms with Gasteiger partial charge in [-0.3, -0.25) is 0 Å². The summed E-state index contributed by atoms with van der Waals surface area (Å²) in [4.78, 5) is 10.5. The van der Waals surface area contributed by atoms with Crippen molar-refractivity contribution < 1.29 is 4.79 Å². The Morgan fingerprint density at radius 1 is 1.20 bits per heavy atom. The first kappa shape index (κ1) is 5.90. The molecule has 0 aromatic heterocycles. The molecule has 0 radical (unpaired) electrons. The third kappa shape index (κ3) is 0.737. The minimum Gasteiger partial charge on any atom is -0.303 e. The van der Waals surface area contributed by atoms with Gasteiger partial charge in [0.2, 0.25) is 0 Å². The molecule has 1 atom stereocenters. The standard InChI is InChI=1S/C9H10O/c10-6-9-5-7-1-3-8(9)4-2-7/h1-4,6-9H,5H2. The SMILES string of the molecule is O=CC1CC2C=CC1C=C2. The number of hydrogen-bond donors (Lipinski definition) is 0. The van der Waals surface area contributed by atoms with Crippen molar-refractivity contribution in [2.24, 2.45) is 17.8 Å². The van der Waals surface area contributed by atoms with E-state index < -0.39 is 0 Å². The molecule has 0 N–H and O–H groups in total. The molecule has 3 rings (SSSR count). The van der Waals surface area contributed by atoms with E-state index in [2.05, 4.69) is 24.3 Å². The van der Waals surface area contributed by atoms with E-state index >= 15 is 0 Å². The lowest BCUT2D eigenvalue weighted by atomic mass is 9.75. The molecule has 3 aliphatic rings. The highest BCUT2D eigenvalue weighted by atomic mass is 16.1. The Bertz CT molecular complexity index is 189. The average Bonchev–Trinajstić information content (AvgIpc) is 2.06. The summed E-state index contributed by atoms with van der Waals surface area (Å²) >= 11 is 0. The van der Waals surface area contributed by atoms with Crippen LogP contribution in [0, 0.1) is 17.8 Å². The van der Waals surface area contributed by atoms with E-state index in [-0.39, 0.29) is 5.92 Å². The van der Waals surface area contributed by atoms with Gasteiger partial charge in [0.25, 0.3) is 0 Å². The summed E-state index contributed by atoms with van der Waals surface area (Å²) in [5.74, 6) is 1.21. The Hall–Kier alpha value is -0.850. The van der Waals surface area contributed by atoms with E-state index in [9.17, 15) is 4.79 Å². The van der Waals surface area contributed by atoms with Crippen LogP contribution in [0.5, 0.6) is 0 Å². The molecule has 1 heteroatoms. The van der Waals surface area contributed by atoms with E-state index in [1.165, 1.54) is 0 Å². The van der Waals surface area contributed by atoms with E-state index in [0.717, 1.165) is 12.7 Å². The lowest BCUT2D eigenvalue weighted by molar-refractivity contribution is -0.112. The zero-order valence-electron chi connectivity index (χ0n) is 5.73. The predicted molar refractivity (Wildman–Crippen MR) is 39.4 cm³/mol. The average molecular weight is 134 g/mol. The number of rotatable bonds is 1. The van der Waals surface area contributed by atoms with Gasteiger partial charge in [-0.05, 0) is 12.3 Å². The van der Waals surface area contributed by atoms with Gasteiger partial charge in [-0.1, -0.05) is 24.3 Å². The van der Waals surface area contributed by atoms with Crippen molar-refractivity contribution >= 4 is 6.29 Å². The molecule has 0 saturated carbocycles. The Kier molecular flexibility index (Phi) is 1.23. The fraction of sp³-hybridized carbons (Fsp3) is 0.444. The zero-order valence-corrected chi connectivity index (χ0v) is 5.73. The molecule has 2 bridgehead atoms. The van der Waals surface area contributed by atoms with Gasteiger partial charge in [0.1, 0.15) is 6.29 Å². The highest BCUT2D eigenvalue weighted by Crippen LogP contribution is 2.33. The van der Waals surface area contributed by atoms with Crippen LogP contribution >= 0.6 is 0 Å². The molecule has 0 spiro atoms. The van der Waals surface area contributed by atoms with Crippen molar-refractivity contribution in [3.05, 3.63) is 24.3 Å². The lowest BCUT2D eigenvalue weighted by Crippen LogP contribution is -2.23. The van der Waals surface area contributed by atoms with Gasteiger partial charge >= 0.3 is 0 Å². The van der Waals surface area contributed by atoms with Gasteiger partial charge in [-0.25, -0.2) is 0 Å². The highest BCUT2D eigenvalue weighted by Gasteiger charge is 2.26. The van der Waals surface area contributed by atoms with Crippen molar-refractivity contribution in [1.29, 1.82) is 0 Å². The van der Waals surface area contributed by atoms with Crippen LogP contribution in [0.25, 0.3) is 0 Å². The smallest absolute Gasteiger partial charge is 0.124 e. The first-order valence-electron chi connectivity index (χ1n) is 3.72. The third-order valence-electron chi connectivity index (χ3n) is 2.37. The summed E-state index contributed by atoms with van der Waals surface area (Å²) in [6.07, 6.45) is 10.8. The Morgan fingerprint density at radius 2 is 1.90 bits per heavy atom. The Labute approximate surface area is 60.4 Å². The van der Waals surface area contributed by atoms with Gasteiger partial charge in [-0.2, -0.15) is 0 Å². The third-order valence-corrected chi connectivity index (χ3v) is 2.37. The summed E-state index contributed by atoms with van der Waals surface area (Å²) in [5.41, 5.74) is 0. The van der Waals surface area contributed by atoms with Crippen molar-refractivity contribution in [2.45, 2.75) is 6.42 Å². The second-order valence-electron chi connectivity index (χ2n) is 3.05. The summed E-state index contributed by atoms with van der Waals surface area (Å²) in [6, 6.07) is 0. The second-order valence-corrected chi connectivity index (χ2v) is 3.05. The maximum atomic E-state index is 10.5. The lowest BCUT2D eigenvalue weighted by Gasteiger charge is -2.29. The zero-order chi connectivity index (χ0) is 6.97. The largest absolute Gasteiger partial charge is 0.303 e. The first-order valence-corrected chi connectivity index (χ1v) is 3.72. The van der Waals surface area contributed by atoms with Crippen LogP contribution in [0.3, 0.4) is 0 Å². The predicted octanol–water partition coefficient (Wildman–Crippen LogP) is 1.56. The van der Waals surface area contributed by atoms with Gasteiger partial charge < -0.3 is 4.79 Å². The summed E-state index contributed by atoms with van der Waals surface area (Å²) in [6.45, 7) is 0. The number of carbonyl (C=O) groups is 1. The number of fused-ring (bicyclic) bond motifs is 1. The molecule has 0 aliphatic heterocycles. The molecule has 52 valence electrons. The van der Waals surface area contributed by atoms with Crippen molar-refractivity contribution in [1.82, 2.24) is 0 Å². The molecule has 1 nitrogen and oxygen atoms in total. The summed E-state index contributed by atoms with van der Waals surface area (Å²) in [5, 5.41) is 0. The normalized spacial score (nSPS) is 42.2. The Balaban J connectivity index is 2.26. The molecule has 0 amide bonds. The first-order chi connectivity index (χ1) is 4.90. The number of hydrogen-bond acceptors (Lipinski definition) is 1. The van der Waals surface area contributed by atoms with Gasteiger partial charge in [-0.15, -0.1) is 0 Å². The minimum absolute atomic E-state index is 0.264. The fourth-order valence-electron chi connectivity index (χ4n) is 1.73. The van der Waals surface area contributed by atoms with Crippen molar-refractivity contribution in [2.75, 3.05) is 0 Å². The van der Waals surface area contributed by atoms with Crippen LogP contribution in [0.1, 0.15) is 6.42 Å². The topological polar surface area (TPSA) is 17.1 Å². The van der Waals surface area contributed by atoms with Gasteiger partial charge in [0, 0.05) is 11.8 Å². The molecule has 10 heavy (non-hydrogen) atoms. The number of allylic oxidation sites excluding steroid dienone is 4. The van der Waals surface area contributed by atoms with Crippen LogP contribution in [-0.2, 0) is 4.79 Å². The van der Waals surface area contributed by atoms with Crippen LogP contribution in [0.2, 0.25) is 0 Å². The van der Waals surface area contributed by atoms with Crippen molar-refractivity contribution in [3.8, 4) is 0 Å². The second kappa shape index (κ2) is 2.08. The minimum atomic E-state index is 0.264. The van der Waals surface area contributed by atoms with Gasteiger partial charge in [0.05, 0.1) is 0 Å². The molecular weight excluding hydrogens is 124 g/mol.